The van der Waals surface area contributed by atoms with E-state index in [9.17, 15) is 4.79 Å². The van der Waals surface area contributed by atoms with Gasteiger partial charge >= 0.3 is 0 Å². The number of ether oxygens (including phenoxy) is 1. The van der Waals surface area contributed by atoms with Gasteiger partial charge in [-0.05, 0) is 31.4 Å². The summed E-state index contributed by atoms with van der Waals surface area (Å²) in [4.78, 5) is 12.7. The van der Waals surface area contributed by atoms with Crippen molar-refractivity contribution in [3.8, 4) is 5.75 Å². The first-order valence-corrected chi connectivity index (χ1v) is 7.47. The molecule has 0 fully saturated rings. The van der Waals surface area contributed by atoms with Gasteiger partial charge < -0.3 is 4.74 Å². The Hall–Kier alpha value is -0.480. The molecule has 16 heavy (non-hydrogen) atoms. The predicted octanol–water partition coefficient (Wildman–Crippen LogP) is 3.77. The molecule has 0 heterocycles. The van der Waals surface area contributed by atoms with Gasteiger partial charge in [0.1, 0.15) is 5.75 Å². The maximum Gasteiger partial charge on any atom is 0.163 e. The van der Waals surface area contributed by atoms with Gasteiger partial charge in [-0.3, -0.25) is 4.79 Å². The second-order valence-electron chi connectivity index (χ2n) is 3.16. The maximum atomic E-state index is 11.7. The quantitative estimate of drug-likeness (QED) is 0.454. The maximum absolute atomic E-state index is 11.7. The number of carbonyl (C=O) groups is 1. The number of carbonyl (C=O) groups excluding carboxylic acids is 1. The van der Waals surface area contributed by atoms with E-state index < -0.39 is 0 Å². The zero-order valence-corrected chi connectivity index (χ0v) is 11.9. The second-order valence-corrected chi connectivity index (χ2v) is 4.80. The monoisotopic (exact) mass is 302 g/mol. The van der Waals surface area contributed by atoms with E-state index in [1.165, 1.54) is 0 Å². The SMILES string of the molecule is CCOc1ccc(C(=O)CCBr)cc1SC. The molecule has 0 amide bonds. The lowest BCUT2D eigenvalue weighted by molar-refractivity contribution is 0.0989. The summed E-state index contributed by atoms with van der Waals surface area (Å²) < 4.78 is 5.48. The summed E-state index contributed by atoms with van der Waals surface area (Å²) >= 11 is 4.87. The molecule has 0 aliphatic rings. The third kappa shape index (κ3) is 3.52. The highest BCUT2D eigenvalue weighted by molar-refractivity contribution is 9.09. The van der Waals surface area contributed by atoms with Crippen LogP contribution in [0.2, 0.25) is 0 Å². The standard InChI is InChI=1S/C12H15BrO2S/c1-3-15-11-5-4-9(8-12(11)16-2)10(14)6-7-13/h4-5,8H,3,6-7H2,1-2H3. The highest BCUT2D eigenvalue weighted by Crippen LogP contribution is 2.29. The average molecular weight is 303 g/mol. The molecule has 0 aromatic heterocycles. The van der Waals surface area contributed by atoms with Crippen LogP contribution in [-0.4, -0.2) is 24.0 Å². The van der Waals surface area contributed by atoms with Crippen molar-refractivity contribution in [3.05, 3.63) is 23.8 Å². The van der Waals surface area contributed by atoms with Crippen LogP contribution in [0.15, 0.2) is 23.1 Å². The normalized spacial score (nSPS) is 10.2. The van der Waals surface area contributed by atoms with Gasteiger partial charge in [-0.25, -0.2) is 0 Å². The van der Waals surface area contributed by atoms with Gasteiger partial charge in [0.2, 0.25) is 0 Å². The molecule has 2 nitrogen and oxygen atoms in total. The number of benzene rings is 1. The summed E-state index contributed by atoms with van der Waals surface area (Å²) in [6.45, 7) is 2.59. The van der Waals surface area contributed by atoms with E-state index >= 15 is 0 Å². The van der Waals surface area contributed by atoms with Crippen LogP contribution in [0.5, 0.6) is 5.75 Å². The van der Waals surface area contributed by atoms with Gasteiger partial charge in [0.15, 0.2) is 5.78 Å². The number of hydrogen-bond acceptors (Lipinski definition) is 3. The number of halogens is 1. The number of ketones is 1. The Kier molecular flexibility index (Phi) is 5.91. The van der Waals surface area contributed by atoms with E-state index in [0.717, 1.165) is 16.2 Å². The molecule has 0 N–H and O–H groups in total. The van der Waals surface area contributed by atoms with Gasteiger partial charge in [0, 0.05) is 22.2 Å². The Morgan fingerprint density at radius 1 is 1.50 bits per heavy atom. The van der Waals surface area contributed by atoms with E-state index in [1.54, 1.807) is 11.8 Å². The molecule has 1 aromatic rings. The van der Waals surface area contributed by atoms with Crippen LogP contribution in [-0.2, 0) is 0 Å². The van der Waals surface area contributed by atoms with E-state index in [0.29, 0.717) is 18.4 Å². The number of thioether (sulfide) groups is 1. The minimum atomic E-state index is 0.162. The van der Waals surface area contributed by atoms with Gasteiger partial charge in [0.25, 0.3) is 0 Å². The van der Waals surface area contributed by atoms with E-state index in [4.69, 9.17) is 4.74 Å². The van der Waals surface area contributed by atoms with Crippen molar-refractivity contribution in [1.82, 2.24) is 0 Å². The van der Waals surface area contributed by atoms with Crippen LogP contribution >= 0.6 is 27.7 Å². The molecule has 0 saturated heterocycles. The van der Waals surface area contributed by atoms with Crippen molar-refractivity contribution < 1.29 is 9.53 Å². The first kappa shape index (κ1) is 13.6. The lowest BCUT2D eigenvalue weighted by Gasteiger charge is -2.09. The second kappa shape index (κ2) is 6.97. The van der Waals surface area contributed by atoms with Crippen LogP contribution in [0.1, 0.15) is 23.7 Å². The number of alkyl halides is 1. The molecule has 0 aliphatic carbocycles. The van der Waals surface area contributed by atoms with Crippen molar-refractivity contribution in [2.24, 2.45) is 0 Å². The van der Waals surface area contributed by atoms with Crippen molar-refractivity contribution in [2.45, 2.75) is 18.2 Å². The summed E-state index contributed by atoms with van der Waals surface area (Å²) in [5, 5.41) is 0.702. The summed E-state index contributed by atoms with van der Waals surface area (Å²) in [5.41, 5.74) is 0.757. The summed E-state index contributed by atoms with van der Waals surface area (Å²) in [6, 6.07) is 5.60. The fourth-order valence-electron chi connectivity index (χ4n) is 1.35. The van der Waals surface area contributed by atoms with Crippen LogP contribution in [0.3, 0.4) is 0 Å². The third-order valence-electron chi connectivity index (χ3n) is 2.11. The highest BCUT2D eigenvalue weighted by atomic mass is 79.9. The number of Topliss-reactive ketones (excluding diaryl/α,β-unsaturated/α-hetero) is 1. The van der Waals surface area contributed by atoms with Crippen LogP contribution < -0.4 is 4.74 Å². The first-order chi connectivity index (χ1) is 7.72. The molecule has 0 bridgehead atoms. The molecule has 0 radical (unpaired) electrons. The first-order valence-electron chi connectivity index (χ1n) is 5.13. The number of hydrogen-bond donors (Lipinski definition) is 0. The molecule has 0 saturated carbocycles. The van der Waals surface area contributed by atoms with Crippen molar-refractivity contribution in [2.75, 3.05) is 18.2 Å². The summed E-state index contributed by atoms with van der Waals surface area (Å²) in [6.07, 6.45) is 2.51. The third-order valence-corrected chi connectivity index (χ3v) is 3.26. The Labute approximate surface area is 109 Å². The largest absolute Gasteiger partial charge is 0.493 e. The zero-order valence-electron chi connectivity index (χ0n) is 9.46. The smallest absolute Gasteiger partial charge is 0.163 e. The Morgan fingerprint density at radius 2 is 2.25 bits per heavy atom. The summed E-state index contributed by atoms with van der Waals surface area (Å²) in [5.74, 6) is 1.01. The van der Waals surface area contributed by atoms with Crippen molar-refractivity contribution in [1.29, 1.82) is 0 Å². The van der Waals surface area contributed by atoms with Crippen LogP contribution in [0.25, 0.3) is 0 Å². The van der Waals surface area contributed by atoms with E-state index in [-0.39, 0.29) is 5.78 Å². The van der Waals surface area contributed by atoms with E-state index in [1.807, 2.05) is 31.4 Å². The molecular weight excluding hydrogens is 288 g/mol. The minimum Gasteiger partial charge on any atom is -0.493 e. The number of rotatable bonds is 6. The van der Waals surface area contributed by atoms with E-state index in [2.05, 4.69) is 15.9 Å². The van der Waals surface area contributed by atoms with Crippen molar-refractivity contribution in [3.63, 3.8) is 0 Å². The lowest BCUT2D eigenvalue weighted by atomic mass is 10.1. The highest BCUT2D eigenvalue weighted by Gasteiger charge is 2.09. The predicted molar refractivity (Wildman–Crippen MR) is 72.1 cm³/mol. The molecule has 1 aromatic carbocycles. The van der Waals surface area contributed by atoms with Gasteiger partial charge in [-0.15, -0.1) is 11.8 Å². The van der Waals surface area contributed by atoms with Gasteiger partial charge in [-0.1, -0.05) is 15.9 Å². The van der Waals surface area contributed by atoms with Gasteiger partial charge in [0.05, 0.1) is 6.61 Å². The fourth-order valence-corrected chi connectivity index (χ4v) is 2.28. The molecule has 1 rings (SSSR count). The average Bonchev–Trinajstić information content (AvgIpc) is 2.30. The Morgan fingerprint density at radius 3 is 2.81 bits per heavy atom. The van der Waals surface area contributed by atoms with Gasteiger partial charge in [-0.2, -0.15) is 0 Å². The summed E-state index contributed by atoms with van der Waals surface area (Å²) in [7, 11) is 0. The lowest BCUT2D eigenvalue weighted by Crippen LogP contribution is -2.01. The molecule has 4 heteroatoms. The van der Waals surface area contributed by atoms with Crippen LogP contribution in [0.4, 0.5) is 0 Å². The Bertz CT molecular complexity index is 366. The fraction of sp³-hybridized carbons (Fsp3) is 0.417. The molecular formula is C12H15BrO2S. The molecule has 0 spiro atoms. The minimum absolute atomic E-state index is 0.162. The molecule has 0 aliphatic heterocycles. The molecule has 0 atom stereocenters. The van der Waals surface area contributed by atoms with Crippen LogP contribution in [0, 0.1) is 0 Å². The topological polar surface area (TPSA) is 26.3 Å². The van der Waals surface area contributed by atoms with Crippen molar-refractivity contribution >= 4 is 33.5 Å². The molecule has 0 unspecified atom stereocenters. The Balaban J connectivity index is 2.94. The molecule has 88 valence electrons. The zero-order chi connectivity index (χ0) is 12.0.